The minimum atomic E-state index is -0.378. The van der Waals surface area contributed by atoms with Crippen LogP contribution < -0.4 is 5.32 Å². The number of rotatable bonds is 2. The molecule has 1 unspecified atom stereocenters. The Labute approximate surface area is 175 Å². The van der Waals surface area contributed by atoms with Crippen LogP contribution >= 0.6 is 0 Å². The van der Waals surface area contributed by atoms with E-state index in [1.165, 1.54) is 0 Å². The molecule has 8 nitrogen and oxygen atoms in total. The number of nitrogens with zero attached hydrogens (tertiary/aromatic N) is 3. The third-order valence-electron chi connectivity index (χ3n) is 6.84. The maximum atomic E-state index is 13.1. The fourth-order valence-corrected chi connectivity index (χ4v) is 4.83. The van der Waals surface area contributed by atoms with Crippen molar-refractivity contribution in [2.24, 2.45) is 5.92 Å². The number of hydrogen-bond donors (Lipinski definition) is 1. The molecule has 0 radical (unpaired) electrons. The number of aromatic nitrogens is 1. The Bertz CT molecular complexity index is 919. The Balaban J connectivity index is 1.15. The summed E-state index contributed by atoms with van der Waals surface area (Å²) >= 11 is 0. The third kappa shape index (κ3) is 3.64. The molecule has 3 saturated heterocycles. The van der Waals surface area contributed by atoms with Gasteiger partial charge in [-0.3, -0.25) is 4.79 Å². The van der Waals surface area contributed by atoms with Crippen molar-refractivity contribution in [3.05, 3.63) is 30.2 Å². The van der Waals surface area contributed by atoms with Crippen LogP contribution in [-0.2, 0) is 16.0 Å². The summed E-state index contributed by atoms with van der Waals surface area (Å²) in [6.07, 6.45) is 3.43. The zero-order chi connectivity index (χ0) is 20.7. The number of amides is 3. The lowest BCUT2D eigenvalue weighted by atomic mass is 9.87. The van der Waals surface area contributed by atoms with E-state index in [1.54, 1.807) is 0 Å². The van der Waals surface area contributed by atoms with Crippen molar-refractivity contribution < 1.29 is 18.7 Å². The van der Waals surface area contributed by atoms with Crippen LogP contribution in [0.25, 0.3) is 11.1 Å². The molecule has 0 spiro atoms. The van der Waals surface area contributed by atoms with E-state index in [2.05, 4.69) is 10.3 Å². The molecule has 1 aromatic carbocycles. The van der Waals surface area contributed by atoms with E-state index in [1.807, 2.05) is 41.0 Å². The lowest BCUT2D eigenvalue weighted by Gasteiger charge is -2.49. The maximum Gasteiger partial charge on any atom is 0.320 e. The van der Waals surface area contributed by atoms with E-state index in [4.69, 9.17) is 9.15 Å². The smallest absolute Gasteiger partial charge is 0.320 e. The van der Waals surface area contributed by atoms with E-state index < -0.39 is 0 Å². The molecular weight excluding hydrogens is 384 g/mol. The number of nitrogens with one attached hydrogen (secondary N) is 1. The first-order valence-corrected chi connectivity index (χ1v) is 10.8. The topological polar surface area (TPSA) is 87.9 Å². The average molecular weight is 412 g/mol. The largest absolute Gasteiger partial charge is 0.441 e. The predicted octanol–water partition coefficient (Wildman–Crippen LogP) is 2.18. The Morgan fingerprint density at radius 1 is 1.23 bits per heavy atom. The highest BCUT2D eigenvalue weighted by atomic mass is 16.5. The van der Waals surface area contributed by atoms with Gasteiger partial charge in [0.05, 0.1) is 11.6 Å². The van der Waals surface area contributed by atoms with Gasteiger partial charge in [0, 0.05) is 32.6 Å². The highest BCUT2D eigenvalue weighted by Gasteiger charge is 2.46. The standard InChI is InChI=1S/C22H28N4O4/c1-22-8-11-26(13-18(22)24-19(27)14-29-22)21(28)25-9-6-15(7-10-25)12-20-23-16-4-2-3-5-17(16)30-20/h2-5,15,18H,6-14H2,1H3,(H,24,27)/t18-,22?/m1/s1. The molecule has 0 bridgehead atoms. The van der Waals surface area contributed by atoms with Gasteiger partial charge in [-0.25, -0.2) is 9.78 Å². The van der Waals surface area contributed by atoms with Crippen LogP contribution in [0.2, 0.25) is 0 Å². The van der Waals surface area contributed by atoms with E-state index in [9.17, 15) is 9.59 Å². The molecule has 2 atom stereocenters. The first kappa shape index (κ1) is 19.4. The number of oxazole rings is 1. The summed E-state index contributed by atoms with van der Waals surface area (Å²) in [5, 5.41) is 3.00. The Morgan fingerprint density at radius 3 is 2.83 bits per heavy atom. The van der Waals surface area contributed by atoms with Gasteiger partial charge in [-0.2, -0.15) is 0 Å². The van der Waals surface area contributed by atoms with Crippen molar-refractivity contribution in [3.63, 3.8) is 0 Å². The lowest BCUT2D eigenvalue weighted by Crippen LogP contribution is -2.67. The fraction of sp³-hybridized carbons (Fsp3) is 0.591. The molecule has 160 valence electrons. The summed E-state index contributed by atoms with van der Waals surface area (Å²) in [6.45, 7) is 4.77. The highest BCUT2D eigenvalue weighted by molar-refractivity contribution is 5.79. The Morgan fingerprint density at radius 2 is 2.03 bits per heavy atom. The van der Waals surface area contributed by atoms with E-state index in [-0.39, 0.29) is 30.2 Å². The second-order valence-corrected chi connectivity index (χ2v) is 8.91. The highest BCUT2D eigenvalue weighted by Crippen LogP contribution is 2.30. The molecule has 3 aliphatic heterocycles. The molecule has 3 amide bonds. The van der Waals surface area contributed by atoms with Gasteiger partial charge in [0.15, 0.2) is 11.5 Å². The lowest BCUT2D eigenvalue weighted by molar-refractivity contribution is -0.156. The van der Waals surface area contributed by atoms with E-state index in [0.29, 0.717) is 19.0 Å². The summed E-state index contributed by atoms with van der Waals surface area (Å²) in [4.78, 5) is 33.2. The molecule has 1 N–H and O–H groups in total. The second kappa shape index (κ2) is 7.58. The molecule has 5 rings (SSSR count). The Kier molecular flexibility index (Phi) is 4.89. The van der Waals surface area contributed by atoms with Crippen molar-refractivity contribution >= 4 is 23.0 Å². The first-order chi connectivity index (χ1) is 14.5. The second-order valence-electron chi connectivity index (χ2n) is 8.91. The molecule has 2 aromatic rings. The van der Waals surface area contributed by atoms with Gasteiger partial charge in [0.1, 0.15) is 12.1 Å². The van der Waals surface area contributed by atoms with Gasteiger partial charge in [0.25, 0.3) is 0 Å². The number of urea groups is 1. The first-order valence-electron chi connectivity index (χ1n) is 10.8. The molecule has 3 aliphatic rings. The number of fused-ring (bicyclic) bond motifs is 2. The number of hydrogen-bond acceptors (Lipinski definition) is 5. The van der Waals surface area contributed by atoms with E-state index >= 15 is 0 Å². The monoisotopic (exact) mass is 412 g/mol. The zero-order valence-electron chi connectivity index (χ0n) is 17.3. The maximum absolute atomic E-state index is 13.1. The van der Waals surface area contributed by atoms with Gasteiger partial charge in [-0.05, 0) is 44.2 Å². The minimum absolute atomic E-state index is 0.0668. The van der Waals surface area contributed by atoms with Gasteiger partial charge in [-0.15, -0.1) is 0 Å². The van der Waals surface area contributed by atoms with Crippen molar-refractivity contribution in [3.8, 4) is 0 Å². The average Bonchev–Trinajstić information content (AvgIpc) is 3.16. The third-order valence-corrected chi connectivity index (χ3v) is 6.84. The van der Waals surface area contributed by atoms with Crippen LogP contribution in [0.1, 0.15) is 32.1 Å². The van der Waals surface area contributed by atoms with Gasteiger partial charge >= 0.3 is 6.03 Å². The molecule has 3 fully saturated rings. The van der Waals surface area contributed by atoms with Crippen molar-refractivity contribution in [2.45, 2.75) is 44.2 Å². The number of morpholine rings is 1. The zero-order valence-corrected chi connectivity index (χ0v) is 17.3. The molecule has 0 aliphatic carbocycles. The summed E-state index contributed by atoms with van der Waals surface area (Å²) < 4.78 is 11.6. The van der Waals surface area contributed by atoms with Crippen molar-refractivity contribution in [1.82, 2.24) is 20.1 Å². The Hall–Kier alpha value is -2.61. The van der Waals surface area contributed by atoms with E-state index in [0.717, 1.165) is 55.8 Å². The normalized spacial score (nSPS) is 27.8. The minimum Gasteiger partial charge on any atom is -0.441 e. The predicted molar refractivity (Wildman–Crippen MR) is 110 cm³/mol. The van der Waals surface area contributed by atoms with Gasteiger partial charge < -0.3 is 24.3 Å². The van der Waals surface area contributed by atoms with Crippen LogP contribution in [0.15, 0.2) is 28.7 Å². The molecule has 30 heavy (non-hydrogen) atoms. The number of para-hydroxylation sites is 2. The van der Waals surface area contributed by atoms with Crippen molar-refractivity contribution in [1.29, 1.82) is 0 Å². The van der Waals surface area contributed by atoms with Crippen LogP contribution in [0, 0.1) is 5.92 Å². The van der Waals surface area contributed by atoms with Gasteiger partial charge in [0.2, 0.25) is 5.91 Å². The van der Waals surface area contributed by atoms with Crippen molar-refractivity contribution in [2.75, 3.05) is 32.8 Å². The molecule has 0 saturated carbocycles. The number of likely N-dealkylation sites (tertiary alicyclic amines) is 2. The van der Waals surface area contributed by atoms with Crippen LogP contribution in [0.5, 0.6) is 0 Å². The molecule has 1 aromatic heterocycles. The SMILES string of the molecule is CC12CCN(C(=O)N3CCC(Cc4nc5ccccc5o4)CC3)C[C@H]1NC(=O)CO2. The number of ether oxygens (including phenoxy) is 1. The molecule has 4 heterocycles. The summed E-state index contributed by atoms with van der Waals surface area (Å²) in [7, 11) is 0. The number of carbonyl (C=O) groups is 2. The van der Waals surface area contributed by atoms with Crippen LogP contribution in [0.4, 0.5) is 4.79 Å². The summed E-state index contributed by atoms with van der Waals surface area (Å²) in [6, 6.07) is 7.75. The summed E-state index contributed by atoms with van der Waals surface area (Å²) in [5.74, 6) is 1.15. The van der Waals surface area contributed by atoms with Crippen LogP contribution in [0.3, 0.4) is 0 Å². The summed E-state index contributed by atoms with van der Waals surface area (Å²) in [5.41, 5.74) is 1.35. The van der Waals surface area contributed by atoms with Crippen LogP contribution in [-0.4, -0.2) is 71.2 Å². The van der Waals surface area contributed by atoms with Gasteiger partial charge in [-0.1, -0.05) is 12.1 Å². The quantitative estimate of drug-likeness (QED) is 0.817. The molecule has 8 heteroatoms. The fourth-order valence-electron chi connectivity index (χ4n) is 4.83. The number of carbonyl (C=O) groups excluding carboxylic acids is 2. The number of piperidine rings is 2. The molecular formula is C22H28N4O4. The number of benzene rings is 1.